The van der Waals surface area contributed by atoms with Crippen LogP contribution in [-0.2, 0) is 4.74 Å². The molecule has 1 aliphatic heterocycles. The van der Waals surface area contributed by atoms with Crippen molar-refractivity contribution >= 4 is 11.6 Å². The van der Waals surface area contributed by atoms with Crippen molar-refractivity contribution in [3.8, 4) is 0 Å². The van der Waals surface area contributed by atoms with E-state index in [0.717, 1.165) is 32.3 Å². The molecule has 2 unspecified atom stereocenters. The van der Waals surface area contributed by atoms with Crippen LogP contribution in [0.25, 0.3) is 0 Å². The van der Waals surface area contributed by atoms with Crippen LogP contribution in [0.15, 0.2) is 18.2 Å². The molecule has 3 nitrogen and oxygen atoms in total. The zero-order valence-corrected chi connectivity index (χ0v) is 11.6. The lowest BCUT2D eigenvalue weighted by Gasteiger charge is -2.25. The number of benzene rings is 1. The van der Waals surface area contributed by atoms with Gasteiger partial charge in [-0.1, -0.05) is 17.7 Å². The van der Waals surface area contributed by atoms with E-state index in [0.29, 0.717) is 10.6 Å². The van der Waals surface area contributed by atoms with Crippen molar-refractivity contribution in [1.29, 1.82) is 0 Å². The van der Waals surface area contributed by atoms with Gasteiger partial charge in [0.2, 0.25) is 0 Å². The predicted octanol–water partition coefficient (Wildman–Crippen LogP) is 3.33. The largest absolute Gasteiger partial charge is 0.378 e. The van der Waals surface area contributed by atoms with Gasteiger partial charge in [0.25, 0.3) is 0 Å². The Hall–Kier alpha value is -0.680. The molecule has 5 heteroatoms. The summed E-state index contributed by atoms with van der Waals surface area (Å²) in [4.78, 5) is 0. The van der Waals surface area contributed by atoms with Crippen LogP contribution in [0.1, 0.15) is 43.7 Å². The van der Waals surface area contributed by atoms with Crippen LogP contribution >= 0.6 is 11.6 Å². The third-order valence-corrected chi connectivity index (χ3v) is 3.83. The average molecular weight is 287 g/mol. The zero-order valence-electron chi connectivity index (χ0n) is 10.9. The predicted molar refractivity (Wildman–Crippen MR) is 74.3 cm³/mol. The van der Waals surface area contributed by atoms with E-state index >= 15 is 0 Å². The van der Waals surface area contributed by atoms with Gasteiger partial charge in [-0.2, -0.15) is 0 Å². The van der Waals surface area contributed by atoms with E-state index in [9.17, 15) is 4.39 Å². The maximum atomic E-state index is 13.8. The van der Waals surface area contributed by atoms with E-state index in [-0.39, 0.29) is 18.0 Å². The number of nitrogens with one attached hydrogen (secondary N) is 1. The summed E-state index contributed by atoms with van der Waals surface area (Å²) < 4.78 is 19.5. The Morgan fingerprint density at radius 2 is 2.32 bits per heavy atom. The van der Waals surface area contributed by atoms with Gasteiger partial charge in [-0.25, -0.2) is 4.39 Å². The van der Waals surface area contributed by atoms with Crippen molar-refractivity contribution in [2.75, 3.05) is 6.61 Å². The van der Waals surface area contributed by atoms with Crippen molar-refractivity contribution < 1.29 is 9.13 Å². The maximum absolute atomic E-state index is 13.8. The molecule has 106 valence electrons. The van der Waals surface area contributed by atoms with E-state index in [1.165, 1.54) is 12.5 Å². The lowest BCUT2D eigenvalue weighted by atomic mass is 9.97. The molecule has 19 heavy (non-hydrogen) atoms. The Balaban J connectivity index is 1.95. The van der Waals surface area contributed by atoms with Gasteiger partial charge in [0, 0.05) is 23.2 Å². The molecule has 0 saturated carbocycles. The molecule has 1 aliphatic rings. The SMILES string of the molecule is NNC(CCC1CCCCO1)c1ccc(Cl)cc1F. The van der Waals surface area contributed by atoms with Gasteiger partial charge in [-0.3, -0.25) is 11.3 Å². The monoisotopic (exact) mass is 286 g/mol. The van der Waals surface area contributed by atoms with Crippen molar-refractivity contribution in [1.82, 2.24) is 5.43 Å². The zero-order chi connectivity index (χ0) is 13.7. The number of hydrazine groups is 1. The van der Waals surface area contributed by atoms with Gasteiger partial charge in [0.1, 0.15) is 5.82 Å². The summed E-state index contributed by atoms with van der Waals surface area (Å²) in [5.74, 6) is 5.22. The topological polar surface area (TPSA) is 47.3 Å². The second-order valence-electron chi connectivity index (χ2n) is 4.95. The van der Waals surface area contributed by atoms with Crippen LogP contribution < -0.4 is 11.3 Å². The van der Waals surface area contributed by atoms with E-state index in [1.54, 1.807) is 12.1 Å². The molecule has 0 amide bonds. The first-order chi connectivity index (χ1) is 9.20. The Bertz CT molecular complexity index is 410. The molecule has 2 atom stereocenters. The van der Waals surface area contributed by atoms with Crippen molar-refractivity contribution in [3.05, 3.63) is 34.6 Å². The fourth-order valence-electron chi connectivity index (χ4n) is 2.50. The van der Waals surface area contributed by atoms with Crippen LogP contribution in [0.2, 0.25) is 5.02 Å². The fraction of sp³-hybridized carbons (Fsp3) is 0.571. The highest BCUT2D eigenvalue weighted by molar-refractivity contribution is 6.30. The number of hydrogen-bond acceptors (Lipinski definition) is 3. The number of hydrogen-bond donors (Lipinski definition) is 2. The van der Waals surface area contributed by atoms with Crippen LogP contribution in [0.3, 0.4) is 0 Å². The second-order valence-corrected chi connectivity index (χ2v) is 5.39. The molecule has 0 aromatic heterocycles. The van der Waals surface area contributed by atoms with E-state index < -0.39 is 0 Å². The van der Waals surface area contributed by atoms with Crippen molar-refractivity contribution in [2.45, 2.75) is 44.2 Å². The Morgan fingerprint density at radius 3 is 2.95 bits per heavy atom. The minimum atomic E-state index is -0.319. The van der Waals surface area contributed by atoms with Gasteiger partial charge in [0.15, 0.2) is 0 Å². The minimum Gasteiger partial charge on any atom is -0.378 e. The highest BCUT2D eigenvalue weighted by Crippen LogP contribution is 2.26. The van der Waals surface area contributed by atoms with E-state index in [4.69, 9.17) is 22.2 Å². The standard InChI is InChI=1S/C14H20ClFN2O/c15-10-4-6-12(13(16)9-10)14(18-17)7-5-11-3-1-2-8-19-11/h4,6,9,11,14,18H,1-3,5,7-8,17H2. The Kier molecular flexibility index (Phi) is 5.58. The molecule has 0 aliphatic carbocycles. The number of halogens is 2. The lowest BCUT2D eigenvalue weighted by molar-refractivity contribution is 0.00849. The molecule has 1 aromatic rings. The molecule has 1 aromatic carbocycles. The molecule has 0 radical (unpaired) electrons. The third kappa shape index (κ3) is 4.14. The quantitative estimate of drug-likeness (QED) is 0.645. The van der Waals surface area contributed by atoms with Crippen LogP contribution in [0, 0.1) is 5.82 Å². The molecule has 3 N–H and O–H groups in total. The summed E-state index contributed by atoms with van der Waals surface area (Å²) >= 11 is 5.75. The first kappa shape index (κ1) is 14.7. The van der Waals surface area contributed by atoms with Crippen molar-refractivity contribution in [2.24, 2.45) is 5.84 Å². The molecule has 1 saturated heterocycles. The van der Waals surface area contributed by atoms with Gasteiger partial charge < -0.3 is 4.74 Å². The summed E-state index contributed by atoms with van der Waals surface area (Å²) in [5, 5.41) is 0.396. The minimum absolute atomic E-state index is 0.206. The second kappa shape index (κ2) is 7.20. The summed E-state index contributed by atoms with van der Waals surface area (Å²) in [5.41, 5.74) is 3.24. The smallest absolute Gasteiger partial charge is 0.129 e. The lowest BCUT2D eigenvalue weighted by Crippen LogP contribution is -2.30. The van der Waals surface area contributed by atoms with Crippen molar-refractivity contribution in [3.63, 3.8) is 0 Å². The molecule has 0 bridgehead atoms. The average Bonchev–Trinajstić information content (AvgIpc) is 2.42. The summed E-state index contributed by atoms with van der Waals surface area (Å²) in [7, 11) is 0. The highest BCUT2D eigenvalue weighted by Gasteiger charge is 2.19. The Labute approximate surface area is 118 Å². The molecule has 1 heterocycles. The number of rotatable bonds is 5. The van der Waals surface area contributed by atoms with Gasteiger partial charge in [-0.15, -0.1) is 0 Å². The normalized spacial score (nSPS) is 21.3. The van der Waals surface area contributed by atoms with E-state index in [2.05, 4.69) is 5.43 Å². The summed E-state index contributed by atoms with van der Waals surface area (Å²) in [6.45, 7) is 0.834. The third-order valence-electron chi connectivity index (χ3n) is 3.59. The maximum Gasteiger partial charge on any atom is 0.129 e. The molecule has 2 rings (SSSR count). The van der Waals surface area contributed by atoms with Crippen LogP contribution in [-0.4, -0.2) is 12.7 Å². The summed E-state index contributed by atoms with van der Waals surface area (Å²) in [6, 6.07) is 4.48. The van der Waals surface area contributed by atoms with Gasteiger partial charge in [0.05, 0.1) is 6.10 Å². The molecular weight excluding hydrogens is 267 g/mol. The van der Waals surface area contributed by atoms with E-state index in [1.807, 2.05) is 0 Å². The molecule has 0 spiro atoms. The fourth-order valence-corrected chi connectivity index (χ4v) is 2.66. The molecular formula is C14H20ClFN2O. The number of nitrogens with two attached hydrogens (primary N) is 1. The first-order valence-corrected chi connectivity index (χ1v) is 7.11. The van der Waals surface area contributed by atoms with Gasteiger partial charge in [-0.05, 0) is 44.2 Å². The van der Waals surface area contributed by atoms with Crippen LogP contribution in [0.4, 0.5) is 4.39 Å². The van der Waals surface area contributed by atoms with Gasteiger partial charge >= 0.3 is 0 Å². The first-order valence-electron chi connectivity index (χ1n) is 6.73. The molecule has 1 fully saturated rings. The number of ether oxygens (including phenoxy) is 1. The highest BCUT2D eigenvalue weighted by atomic mass is 35.5. The van der Waals surface area contributed by atoms with Crippen LogP contribution in [0.5, 0.6) is 0 Å². The Morgan fingerprint density at radius 1 is 1.47 bits per heavy atom. The summed E-state index contributed by atoms with van der Waals surface area (Å²) in [6.07, 6.45) is 5.35.